The second-order valence-electron chi connectivity index (χ2n) is 5.39. The van der Waals surface area contributed by atoms with Gasteiger partial charge in [0, 0.05) is 23.4 Å². The third-order valence-electron chi connectivity index (χ3n) is 3.37. The van der Waals surface area contributed by atoms with E-state index in [1.54, 1.807) is 6.92 Å². The maximum Gasteiger partial charge on any atom is 0.573 e. The molecule has 1 amide bonds. The highest BCUT2D eigenvalue weighted by atomic mass is 19.4. The van der Waals surface area contributed by atoms with Crippen LogP contribution in [0.2, 0.25) is 0 Å². The molecule has 1 atom stereocenters. The van der Waals surface area contributed by atoms with Crippen LogP contribution in [0.1, 0.15) is 18.5 Å². The number of carbonyl (C=O) groups excluding carboxylic acids is 1. The van der Waals surface area contributed by atoms with Gasteiger partial charge in [0.2, 0.25) is 5.91 Å². The Kier molecular flexibility index (Phi) is 6.14. The minimum Gasteiger partial charge on any atom is -0.406 e. The maximum atomic E-state index is 13.7. The predicted octanol–water partition coefficient (Wildman–Crippen LogP) is 4.15. The lowest BCUT2D eigenvalue weighted by Gasteiger charge is -2.15. The molecule has 2 rings (SSSR count). The number of benzene rings is 2. The van der Waals surface area contributed by atoms with Crippen LogP contribution in [0.25, 0.3) is 0 Å². The molecular formula is C17H15F5N2O2. The van der Waals surface area contributed by atoms with Crippen LogP contribution >= 0.6 is 0 Å². The molecular weight excluding hydrogens is 359 g/mol. The molecule has 2 aromatic rings. The fourth-order valence-corrected chi connectivity index (χ4v) is 2.15. The highest BCUT2D eigenvalue weighted by molar-refractivity contribution is 5.92. The Morgan fingerprint density at radius 2 is 1.77 bits per heavy atom. The van der Waals surface area contributed by atoms with Crippen molar-refractivity contribution in [3.05, 3.63) is 59.7 Å². The number of rotatable bonds is 6. The predicted molar refractivity (Wildman–Crippen MR) is 84.5 cm³/mol. The van der Waals surface area contributed by atoms with Gasteiger partial charge in [-0.3, -0.25) is 4.79 Å². The van der Waals surface area contributed by atoms with E-state index < -0.39 is 35.7 Å². The Bertz CT molecular complexity index is 763. The first-order valence-corrected chi connectivity index (χ1v) is 7.48. The topological polar surface area (TPSA) is 50.4 Å². The summed E-state index contributed by atoms with van der Waals surface area (Å²) in [5.41, 5.74) is 0.472. The zero-order valence-corrected chi connectivity index (χ0v) is 13.5. The summed E-state index contributed by atoms with van der Waals surface area (Å²) in [6.07, 6.45) is -4.79. The van der Waals surface area contributed by atoms with Gasteiger partial charge in [0.15, 0.2) is 0 Å². The zero-order chi connectivity index (χ0) is 19.3. The number of carbonyl (C=O) groups is 1. The van der Waals surface area contributed by atoms with E-state index in [-0.39, 0.29) is 17.8 Å². The van der Waals surface area contributed by atoms with E-state index in [0.717, 1.165) is 24.3 Å². The average molecular weight is 374 g/mol. The second-order valence-corrected chi connectivity index (χ2v) is 5.39. The summed E-state index contributed by atoms with van der Waals surface area (Å²) < 4.78 is 66.5. The molecule has 2 aromatic carbocycles. The number of hydrogen-bond donors (Lipinski definition) is 2. The van der Waals surface area contributed by atoms with Crippen LogP contribution in [0.4, 0.5) is 27.6 Å². The molecule has 0 aromatic heterocycles. The van der Waals surface area contributed by atoms with E-state index in [9.17, 15) is 26.7 Å². The van der Waals surface area contributed by atoms with Crippen molar-refractivity contribution in [1.29, 1.82) is 0 Å². The molecule has 0 saturated heterocycles. The summed E-state index contributed by atoms with van der Waals surface area (Å²) in [5.74, 6) is -2.32. The normalized spacial score (nSPS) is 12.5. The number of nitrogens with one attached hydrogen (secondary N) is 2. The van der Waals surface area contributed by atoms with Crippen LogP contribution in [-0.4, -0.2) is 18.8 Å². The van der Waals surface area contributed by atoms with Gasteiger partial charge in [-0.15, -0.1) is 13.2 Å². The van der Waals surface area contributed by atoms with Crippen LogP contribution in [-0.2, 0) is 4.79 Å². The van der Waals surface area contributed by atoms with Crippen molar-refractivity contribution in [2.24, 2.45) is 0 Å². The van der Waals surface area contributed by atoms with Crippen molar-refractivity contribution in [3.63, 3.8) is 0 Å². The smallest absolute Gasteiger partial charge is 0.406 e. The molecule has 0 spiro atoms. The maximum absolute atomic E-state index is 13.7. The van der Waals surface area contributed by atoms with E-state index in [0.29, 0.717) is 0 Å². The Balaban J connectivity index is 1.86. The van der Waals surface area contributed by atoms with Crippen molar-refractivity contribution >= 4 is 11.6 Å². The Morgan fingerprint density at radius 1 is 1.12 bits per heavy atom. The highest BCUT2D eigenvalue weighted by Gasteiger charge is 2.30. The lowest BCUT2D eigenvalue weighted by molar-refractivity contribution is -0.274. The number of anilines is 1. The molecule has 9 heteroatoms. The number of amides is 1. The molecule has 26 heavy (non-hydrogen) atoms. The van der Waals surface area contributed by atoms with Crippen molar-refractivity contribution in [2.45, 2.75) is 19.3 Å². The molecule has 0 bridgehead atoms. The zero-order valence-electron chi connectivity index (χ0n) is 13.5. The lowest BCUT2D eigenvalue weighted by Crippen LogP contribution is -2.30. The van der Waals surface area contributed by atoms with Crippen LogP contribution in [0.3, 0.4) is 0 Å². The highest BCUT2D eigenvalue weighted by Crippen LogP contribution is 2.24. The number of alkyl halides is 3. The summed E-state index contributed by atoms with van der Waals surface area (Å²) in [5, 5.41) is 5.24. The average Bonchev–Trinajstić information content (AvgIpc) is 2.53. The number of ether oxygens (including phenoxy) is 1. The van der Waals surface area contributed by atoms with Crippen LogP contribution < -0.4 is 15.4 Å². The van der Waals surface area contributed by atoms with Gasteiger partial charge < -0.3 is 15.4 Å². The van der Waals surface area contributed by atoms with Gasteiger partial charge >= 0.3 is 6.36 Å². The standard InChI is InChI=1S/C17H15F5N2O2/c1-10(14-7-2-11(18)8-15(14)19)23-9-16(25)24-12-3-5-13(6-4-12)26-17(20,21)22/h2-8,10,23H,9H2,1H3,(H,24,25)/t10-/m1/s1. The first-order valence-electron chi connectivity index (χ1n) is 7.48. The summed E-state index contributed by atoms with van der Waals surface area (Å²) in [7, 11) is 0. The summed E-state index contributed by atoms with van der Waals surface area (Å²) in [6, 6.07) is 7.22. The monoisotopic (exact) mass is 374 g/mol. The van der Waals surface area contributed by atoms with Gasteiger partial charge in [-0.1, -0.05) is 6.07 Å². The fraction of sp³-hybridized carbons (Fsp3) is 0.235. The molecule has 0 radical (unpaired) electrons. The quantitative estimate of drug-likeness (QED) is 0.747. The third-order valence-corrected chi connectivity index (χ3v) is 3.37. The fourth-order valence-electron chi connectivity index (χ4n) is 2.15. The lowest BCUT2D eigenvalue weighted by atomic mass is 10.1. The molecule has 140 valence electrons. The van der Waals surface area contributed by atoms with E-state index in [4.69, 9.17) is 0 Å². The Hall–Kier alpha value is -2.68. The minimum absolute atomic E-state index is 0.182. The molecule has 0 aliphatic carbocycles. The van der Waals surface area contributed by atoms with Crippen molar-refractivity contribution in [3.8, 4) is 5.75 Å². The van der Waals surface area contributed by atoms with E-state index in [1.807, 2.05) is 0 Å². The second kappa shape index (κ2) is 8.13. The molecule has 2 N–H and O–H groups in total. The summed E-state index contributed by atoms with van der Waals surface area (Å²) >= 11 is 0. The Morgan fingerprint density at radius 3 is 2.35 bits per heavy atom. The van der Waals surface area contributed by atoms with Crippen LogP contribution in [0.15, 0.2) is 42.5 Å². The first kappa shape index (κ1) is 19.6. The first-order chi connectivity index (χ1) is 12.1. The molecule has 0 saturated carbocycles. The SMILES string of the molecule is C[C@@H](NCC(=O)Nc1ccc(OC(F)(F)F)cc1)c1ccc(F)cc1F. The van der Waals surface area contributed by atoms with Crippen LogP contribution in [0.5, 0.6) is 5.75 Å². The molecule has 4 nitrogen and oxygen atoms in total. The molecule has 0 heterocycles. The van der Waals surface area contributed by atoms with Crippen LogP contribution in [0, 0.1) is 11.6 Å². The molecule has 0 unspecified atom stereocenters. The van der Waals surface area contributed by atoms with Crippen molar-refractivity contribution in [1.82, 2.24) is 5.32 Å². The molecule has 0 aliphatic rings. The molecule has 0 aliphatic heterocycles. The summed E-state index contributed by atoms with van der Waals surface area (Å²) in [6.45, 7) is 1.42. The minimum atomic E-state index is -4.79. The van der Waals surface area contributed by atoms with Gasteiger partial charge in [-0.25, -0.2) is 8.78 Å². The number of halogens is 5. The van der Waals surface area contributed by atoms with Gasteiger partial charge in [0.05, 0.1) is 6.54 Å². The van der Waals surface area contributed by atoms with Gasteiger partial charge in [-0.05, 0) is 37.3 Å². The van der Waals surface area contributed by atoms with Gasteiger partial charge in [0.25, 0.3) is 0 Å². The van der Waals surface area contributed by atoms with E-state index >= 15 is 0 Å². The van der Waals surface area contributed by atoms with E-state index in [2.05, 4.69) is 15.4 Å². The van der Waals surface area contributed by atoms with Gasteiger partial charge in [-0.2, -0.15) is 0 Å². The number of hydrogen-bond acceptors (Lipinski definition) is 3. The molecule has 0 fully saturated rings. The van der Waals surface area contributed by atoms with E-state index in [1.165, 1.54) is 18.2 Å². The third kappa shape index (κ3) is 5.99. The Labute approximate surface area is 146 Å². The van der Waals surface area contributed by atoms with Gasteiger partial charge in [0.1, 0.15) is 17.4 Å². The van der Waals surface area contributed by atoms with Crippen molar-refractivity contribution < 1.29 is 31.5 Å². The summed E-state index contributed by atoms with van der Waals surface area (Å²) in [4.78, 5) is 11.9. The van der Waals surface area contributed by atoms with Crippen molar-refractivity contribution in [2.75, 3.05) is 11.9 Å². The largest absolute Gasteiger partial charge is 0.573 e.